The van der Waals surface area contributed by atoms with Crippen molar-refractivity contribution in [3.63, 3.8) is 0 Å². The number of hydrogen-bond donors (Lipinski definition) is 0. The molecule has 0 spiro atoms. The van der Waals surface area contributed by atoms with E-state index in [1.54, 1.807) is 0 Å². The molecule has 0 fully saturated rings. The maximum Gasteiger partial charge on any atom is 0.313 e. The van der Waals surface area contributed by atoms with Gasteiger partial charge in [-0.3, -0.25) is 9.59 Å². The molecule has 0 atom stereocenters. The predicted molar refractivity (Wildman–Crippen MR) is 68.9 cm³/mol. The summed E-state index contributed by atoms with van der Waals surface area (Å²) in [5, 5.41) is 0. The highest BCUT2D eigenvalue weighted by molar-refractivity contribution is 5.95. The SMILES string of the molecule is COC(=O)CC(=O)CCC#Cc1ccc(C)cc1. The Hall–Kier alpha value is -2.08. The Balaban J connectivity index is 2.36. The summed E-state index contributed by atoms with van der Waals surface area (Å²) < 4.78 is 4.41. The van der Waals surface area contributed by atoms with Gasteiger partial charge in [0.25, 0.3) is 0 Å². The second-order valence-electron chi connectivity index (χ2n) is 3.96. The normalized spacial score (nSPS) is 9.22. The van der Waals surface area contributed by atoms with Gasteiger partial charge >= 0.3 is 5.97 Å². The molecule has 3 nitrogen and oxygen atoms in total. The highest BCUT2D eigenvalue weighted by Gasteiger charge is 2.07. The second-order valence-corrected chi connectivity index (χ2v) is 3.96. The van der Waals surface area contributed by atoms with Gasteiger partial charge in [-0.05, 0) is 19.1 Å². The Labute approximate surface area is 107 Å². The monoisotopic (exact) mass is 244 g/mol. The Bertz CT molecular complexity index is 475. The van der Waals surface area contributed by atoms with Gasteiger partial charge in [-0.2, -0.15) is 0 Å². The minimum absolute atomic E-state index is 0.139. The van der Waals surface area contributed by atoms with E-state index >= 15 is 0 Å². The van der Waals surface area contributed by atoms with E-state index in [1.807, 2.05) is 31.2 Å². The number of benzene rings is 1. The Kier molecular flexibility index (Phi) is 5.66. The van der Waals surface area contributed by atoms with Crippen LogP contribution in [-0.2, 0) is 14.3 Å². The van der Waals surface area contributed by atoms with Crippen molar-refractivity contribution in [2.24, 2.45) is 0 Å². The first-order valence-electron chi connectivity index (χ1n) is 5.76. The van der Waals surface area contributed by atoms with Crippen LogP contribution in [0, 0.1) is 18.8 Å². The van der Waals surface area contributed by atoms with Gasteiger partial charge in [0.2, 0.25) is 0 Å². The lowest BCUT2D eigenvalue weighted by Crippen LogP contribution is -2.08. The number of ketones is 1. The van der Waals surface area contributed by atoms with Crippen molar-refractivity contribution < 1.29 is 14.3 Å². The molecular weight excluding hydrogens is 228 g/mol. The molecule has 1 aromatic carbocycles. The van der Waals surface area contributed by atoms with Crippen molar-refractivity contribution in [3.8, 4) is 11.8 Å². The minimum Gasteiger partial charge on any atom is -0.469 e. The third-order valence-electron chi connectivity index (χ3n) is 2.38. The van der Waals surface area contributed by atoms with Crippen LogP contribution in [0.25, 0.3) is 0 Å². The third kappa shape index (κ3) is 5.31. The molecule has 0 saturated heterocycles. The molecule has 0 saturated carbocycles. The number of esters is 1. The molecule has 0 heterocycles. The fourth-order valence-electron chi connectivity index (χ4n) is 1.32. The van der Waals surface area contributed by atoms with Crippen LogP contribution in [0.3, 0.4) is 0 Å². The maximum atomic E-state index is 11.3. The molecule has 0 radical (unpaired) electrons. The first-order chi connectivity index (χ1) is 8.61. The number of methoxy groups -OCH3 is 1. The summed E-state index contributed by atoms with van der Waals surface area (Å²) in [6.45, 7) is 2.02. The molecule has 3 heteroatoms. The van der Waals surface area contributed by atoms with E-state index in [0.717, 1.165) is 5.56 Å². The van der Waals surface area contributed by atoms with E-state index in [9.17, 15) is 9.59 Å². The lowest BCUT2D eigenvalue weighted by molar-refractivity contribution is -0.143. The highest BCUT2D eigenvalue weighted by atomic mass is 16.5. The summed E-state index contributed by atoms with van der Waals surface area (Å²) in [4.78, 5) is 22.1. The molecule has 0 bridgehead atoms. The van der Waals surface area contributed by atoms with Crippen LogP contribution in [0.2, 0.25) is 0 Å². The number of ether oxygens (including phenoxy) is 1. The number of aryl methyl sites for hydroxylation is 1. The molecule has 18 heavy (non-hydrogen) atoms. The summed E-state index contributed by atoms with van der Waals surface area (Å²) in [6.07, 6.45) is 0.584. The number of Topliss-reactive ketones (excluding diaryl/α,β-unsaturated/α-hetero) is 1. The largest absolute Gasteiger partial charge is 0.469 e. The summed E-state index contributed by atoms with van der Waals surface area (Å²) in [7, 11) is 1.27. The van der Waals surface area contributed by atoms with E-state index in [4.69, 9.17) is 0 Å². The number of carbonyl (C=O) groups excluding carboxylic acids is 2. The Morgan fingerprint density at radius 2 is 1.89 bits per heavy atom. The third-order valence-corrected chi connectivity index (χ3v) is 2.38. The molecule has 0 N–H and O–H groups in total. The van der Waals surface area contributed by atoms with Gasteiger partial charge in [-0.1, -0.05) is 29.5 Å². The topological polar surface area (TPSA) is 43.4 Å². The van der Waals surface area contributed by atoms with Gasteiger partial charge < -0.3 is 4.74 Å². The van der Waals surface area contributed by atoms with Gasteiger partial charge in [0.15, 0.2) is 0 Å². The van der Waals surface area contributed by atoms with Crippen LogP contribution in [0.4, 0.5) is 0 Å². The minimum atomic E-state index is -0.494. The zero-order chi connectivity index (χ0) is 13.4. The van der Waals surface area contributed by atoms with E-state index in [0.29, 0.717) is 6.42 Å². The molecule has 1 rings (SSSR count). The fraction of sp³-hybridized carbons (Fsp3) is 0.333. The van der Waals surface area contributed by atoms with Crippen LogP contribution in [0.5, 0.6) is 0 Å². The van der Waals surface area contributed by atoms with E-state index in [2.05, 4.69) is 16.6 Å². The number of hydrogen-bond acceptors (Lipinski definition) is 3. The molecular formula is C15H16O3. The van der Waals surface area contributed by atoms with Crippen molar-refractivity contribution in [1.29, 1.82) is 0 Å². The maximum absolute atomic E-state index is 11.3. The quantitative estimate of drug-likeness (QED) is 0.463. The molecule has 0 aliphatic carbocycles. The zero-order valence-electron chi connectivity index (χ0n) is 10.7. The Morgan fingerprint density at radius 1 is 1.22 bits per heavy atom. The predicted octanol–water partition coefficient (Wildman–Crippen LogP) is 2.26. The number of rotatable bonds is 4. The summed E-state index contributed by atoms with van der Waals surface area (Å²) in [5.41, 5.74) is 2.12. The average molecular weight is 244 g/mol. The van der Waals surface area contributed by atoms with Crippen LogP contribution in [-0.4, -0.2) is 18.9 Å². The molecule has 0 aliphatic rings. The summed E-state index contributed by atoms with van der Waals surface area (Å²) >= 11 is 0. The van der Waals surface area contributed by atoms with Crippen molar-refractivity contribution >= 4 is 11.8 Å². The molecule has 1 aromatic rings. The van der Waals surface area contributed by atoms with Gasteiger partial charge in [0.05, 0.1) is 7.11 Å². The van der Waals surface area contributed by atoms with Gasteiger partial charge in [0, 0.05) is 18.4 Å². The van der Waals surface area contributed by atoms with Crippen molar-refractivity contribution in [2.75, 3.05) is 7.11 Å². The highest BCUT2D eigenvalue weighted by Crippen LogP contribution is 2.01. The zero-order valence-corrected chi connectivity index (χ0v) is 10.7. The fourth-order valence-corrected chi connectivity index (χ4v) is 1.32. The number of carbonyl (C=O) groups is 2. The lowest BCUT2D eigenvalue weighted by atomic mass is 10.1. The van der Waals surface area contributed by atoms with Crippen molar-refractivity contribution in [3.05, 3.63) is 35.4 Å². The van der Waals surface area contributed by atoms with Gasteiger partial charge in [-0.25, -0.2) is 0 Å². The van der Waals surface area contributed by atoms with Crippen molar-refractivity contribution in [2.45, 2.75) is 26.2 Å². The van der Waals surface area contributed by atoms with E-state index < -0.39 is 5.97 Å². The Morgan fingerprint density at radius 3 is 2.50 bits per heavy atom. The first kappa shape index (κ1) is 14.0. The average Bonchev–Trinajstić information content (AvgIpc) is 2.36. The first-order valence-corrected chi connectivity index (χ1v) is 5.76. The van der Waals surface area contributed by atoms with Crippen LogP contribution < -0.4 is 0 Å². The van der Waals surface area contributed by atoms with Gasteiger partial charge in [-0.15, -0.1) is 0 Å². The lowest BCUT2D eigenvalue weighted by Gasteiger charge is -1.96. The molecule has 0 unspecified atom stereocenters. The van der Waals surface area contributed by atoms with Crippen LogP contribution in [0.15, 0.2) is 24.3 Å². The summed E-state index contributed by atoms with van der Waals surface area (Å²) in [5.74, 6) is 5.26. The molecule has 0 aromatic heterocycles. The smallest absolute Gasteiger partial charge is 0.313 e. The molecule has 94 valence electrons. The van der Waals surface area contributed by atoms with E-state index in [-0.39, 0.29) is 18.6 Å². The van der Waals surface area contributed by atoms with E-state index in [1.165, 1.54) is 12.7 Å². The molecule has 0 amide bonds. The van der Waals surface area contributed by atoms with Crippen LogP contribution in [0.1, 0.15) is 30.4 Å². The van der Waals surface area contributed by atoms with Gasteiger partial charge in [0.1, 0.15) is 12.2 Å². The van der Waals surface area contributed by atoms with Crippen LogP contribution >= 0.6 is 0 Å². The molecule has 0 aliphatic heterocycles. The van der Waals surface area contributed by atoms with Crippen molar-refractivity contribution in [1.82, 2.24) is 0 Å². The second kappa shape index (κ2) is 7.29. The standard InChI is InChI=1S/C15H16O3/c1-12-7-9-13(10-8-12)5-3-4-6-14(16)11-15(17)18-2/h7-10H,4,6,11H2,1-2H3. The summed E-state index contributed by atoms with van der Waals surface area (Å²) in [6, 6.07) is 7.87.